The largest absolute Gasteiger partial charge is 0.290 e. The fourth-order valence-electron chi connectivity index (χ4n) is 2.27. The Hall–Kier alpha value is -1.66. The van der Waals surface area contributed by atoms with Crippen molar-refractivity contribution >= 4 is 38.6 Å². The van der Waals surface area contributed by atoms with Gasteiger partial charge in [-0.05, 0) is 52.7 Å². The van der Waals surface area contributed by atoms with Gasteiger partial charge in [0.1, 0.15) is 5.82 Å². The lowest BCUT2D eigenvalue weighted by Crippen LogP contribution is -2.20. The number of thioether (sulfide) groups is 1. The Balaban J connectivity index is 1.94. The molecule has 23 heavy (non-hydrogen) atoms. The van der Waals surface area contributed by atoms with Crippen LogP contribution in [-0.4, -0.2) is 9.55 Å². The number of benzene rings is 2. The smallest absolute Gasteiger partial charge is 0.261 e. The van der Waals surface area contributed by atoms with Crippen LogP contribution in [0.15, 0.2) is 50.8 Å². The zero-order valence-corrected chi connectivity index (χ0v) is 15.0. The minimum atomic E-state index is -0.287. The Labute approximate surface area is 145 Å². The third kappa shape index (κ3) is 3.33. The lowest BCUT2D eigenvalue weighted by molar-refractivity contribution is 0.620. The van der Waals surface area contributed by atoms with Crippen LogP contribution in [0.4, 0.5) is 4.39 Å². The molecule has 0 bridgehead atoms. The first kappa shape index (κ1) is 16.2. The first-order valence-corrected chi connectivity index (χ1v) is 8.77. The predicted octanol–water partition coefficient (Wildman–Crippen LogP) is 4.44. The lowest BCUT2D eigenvalue weighted by atomic mass is 10.2. The number of nitrogens with zero attached hydrogens (tertiary/aromatic N) is 2. The molecule has 0 saturated carbocycles. The average Bonchev–Trinajstić information content (AvgIpc) is 2.53. The second-order valence-corrected chi connectivity index (χ2v) is 7.11. The van der Waals surface area contributed by atoms with Gasteiger partial charge < -0.3 is 0 Å². The van der Waals surface area contributed by atoms with Gasteiger partial charge in [-0.3, -0.25) is 9.36 Å². The van der Waals surface area contributed by atoms with Crippen LogP contribution in [-0.2, 0) is 12.8 Å². The summed E-state index contributed by atoms with van der Waals surface area (Å²) >= 11 is 4.64. The fourth-order valence-corrected chi connectivity index (χ4v) is 3.61. The van der Waals surface area contributed by atoms with E-state index in [0.29, 0.717) is 26.3 Å². The molecule has 1 heterocycles. The Morgan fingerprint density at radius 2 is 2.04 bits per heavy atom. The van der Waals surface area contributed by atoms with E-state index in [1.165, 1.54) is 17.8 Å². The number of aromatic nitrogens is 2. The molecule has 0 saturated heterocycles. The number of hydrogen-bond donors (Lipinski definition) is 0. The summed E-state index contributed by atoms with van der Waals surface area (Å²) in [7, 11) is 1.72. The van der Waals surface area contributed by atoms with Crippen LogP contribution in [0, 0.1) is 12.7 Å². The third-order valence-electron chi connectivity index (χ3n) is 3.54. The molecule has 3 aromatic rings. The first-order chi connectivity index (χ1) is 11.0. The maximum atomic E-state index is 13.3. The van der Waals surface area contributed by atoms with Gasteiger partial charge in [-0.2, -0.15) is 0 Å². The molecule has 0 amide bonds. The van der Waals surface area contributed by atoms with E-state index < -0.39 is 0 Å². The number of rotatable bonds is 3. The number of halogens is 2. The summed E-state index contributed by atoms with van der Waals surface area (Å²) in [5.41, 5.74) is 2.64. The van der Waals surface area contributed by atoms with Gasteiger partial charge in [0.15, 0.2) is 5.16 Å². The SMILES string of the molecule is Cc1ccc2nc(SCc3ccc(F)c(Br)c3)n(C)c(=O)c2c1. The summed E-state index contributed by atoms with van der Waals surface area (Å²) in [5.74, 6) is 0.321. The van der Waals surface area contributed by atoms with Gasteiger partial charge in [-0.25, -0.2) is 9.37 Å². The normalized spacial score (nSPS) is 11.1. The van der Waals surface area contributed by atoms with Gasteiger partial charge >= 0.3 is 0 Å². The Bertz CT molecular complexity index is 955. The molecule has 0 aliphatic heterocycles. The van der Waals surface area contributed by atoms with Crippen LogP contribution in [0.25, 0.3) is 10.9 Å². The van der Waals surface area contributed by atoms with Crippen molar-refractivity contribution in [2.75, 3.05) is 0 Å². The molecule has 118 valence electrons. The van der Waals surface area contributed by atoms with Crippen LogP contribution in [0.5, 0.6) is 0 Å². The van der Waals surface area contributed by atoms with Crippen LogP contribution in [0.1, 0.15) is 11.1 Å². The quantitative estimate of drug-likeness (QED) is 0.488. The molecule has 0 aliphatic carbocycles. The predicted molar refractivity (Wildman–Crippen MR) is 95.4 cm³/mol. The molecule has 0 fully saturated rings. The van der Waals surface area contributed by atoms with Gasteiger partial charge in [0, 0.05) is 12.8 Å². The lowest BCUT2D eigenvalue weighted by Gasteiger charge is -2.09. The highest BCUT2D eigenvalue weighted by Crippen LogP contribution is 2.24. The highest BCUT2D eigenvalue weighted by molar-refractivity contribution is 9.10. The van der Waals surface area contributed by atoms with E-state index in [4.69, 9.17) is 0 Å². The third-order valence-corrected chi connectivity index (χ3v) is 5.25. The van der Waals surface area contributed by atoms with Gasteiger partial charge in [-0.15, -0.1) is 0 Å². The molecule has 1 aromatic heterocycles. The van der Waals surface area contributed by atoms with E-state index in [-0.39, 0.29) is 11.4 Å². The maximum absolute atomic E-state index is 13.3. The maximum Gasteiger partial charge on any atom is 0.261 e. The molecular weight excluding hydrogens is 379 g/mol. The summed E-state index contributed by atoms with van der Waals surface area (Å²) in [6, 6.07) is 10.6. The van der Waals surface area contributed by atoms with Gasteiger partial charge in [0.05, 0.1) is 15.4 Å². The van der Waals surface area contributed by atoms with Crippen molar-refractivity contribution in [1.82, 2.24) is 9.55 Å². The molecule has 0 radical (unpaired) electrons. The van der Waals surface area contributed by atoms with Crippen molar-refractivity contribution in [2.24, 2.45) is 7.05 Å². The van der Waals surface area contributed by atoms with E-state index in [1.54, 1.807) is 23.7 Å². The summed E-state index contributed by atoms with van der Waals surface area (Å²) < 4.78 is 15.3. The number of aryl methyl sites for hydroxylation is 1. The van der Waals surface area contributed by atoms with E-state index in [2.05, 4.69) is 20.9 Å². The molecule has 0 unspecified atom stereocenters. The van der Waals surface area contributed by atoms with Crippen molar-refractivity contribution < 1.29 is 4.39 Å². The topological polar surface area (TPSA) is 34.9 Å². The van der Waals surface area contributed by atoms with Gasteiger partial charge in [0.2, 0.25) is 0 Å². The highest BCUT2D eigenvalue weighted by Gasteiger charge is 2.10. The molecule has 6 heteroatoms. The molecule has 2 aromatic carbocycles. The average molecular weight is 393 g/mol. The molecule has 0 spiro atoms. The summed E-state index contributed by atoms with van der Waals surface area (Å²) in [6.07, 6.45) is 0. The molecule has 0 aliphatic rings. The van der Waals surface area contributed by atoms with Crippen molar-refractivity contribution in [2.45, 2.75) is 17.8 Å². The van der Waals surface area contributed by atoms with Crippen LogP contribution >= 0.6 is 27.7 Å². The number of fused-ring (bicyclic) bond motifs is 1. The van der Waals surface area contributed by atoms with Crippen LogP contribution in [0.2, 0.25) is 0 Å². The van der Waals surface area contributed by atoms with E-state index in [9.17, 15) is 9.18 Å². The summed E-state index contributed by atoms with van der Waals surface area (Å²) in [4.78, 5) is 17.0. The molecular formula is C17H14BrFN2OS. The summed E-state index contributed by atoms with van der Waals surface area (Å²) in [5, 5.41) is 1.27. The standard InChI is InChI=1S/C17H14BrFN2OS/c1-10-3-6-15-12(7-10)16(22)21(2)17(20-15)23-9-11-4-5-14(19)13(18)8-11/h3-8H,9H2,1-2H3. The fraction of sp³-hybridized carbons (Fsp3) is 0.176. The number of hydrogen-bond acceptors (Lipinski definition) is 3. The Kier molecular flexibility index (Phi) is 4.55. The highest BCUT2D eigenvalue weighted by atomic mass is 79.9. The van der Waals surface area contributed by atoms with Crippen LogP contribution in [0.3, 0.4) is 0 Å². The van der Waals surface area contributed by atoms with Crippen LogP contribution < -0.4 is 5.56 Å². The van der Waals surface area contributed by atoms with Crippen molar-refractivity contribution in [3.05, 3.63) is 68.2 Å². The Morgan fingerprint density at radius 1 is 1.26 bits per heavy atom. The Morgan fingerprint density at radius 3 is 2.78 bits per heavy atom. The zero-order chi connectivity index (χ0) is 16.6. The first-order valence-electron chi connectivity index (χ1n) is 7.00. The molecule has 3 nitrogen and oxygen atoms in total. The summed E-state index contributed by atoms with van der Waals surface area (Å²) in [6.45, 7) is 1.95. The van der Waals surface area contributed by atoms with Gasteiger partial charge in [0.25, 0.3) is 5.56 Å². The van der Waals surface area contributed by atoms with Crippen molar-refractivity contribution in [1.29, 1.82) is 0 Å². The molecule has 0 N–H and O–H groups in total. The van der Waals surface area contributed by atoms with E-state index in [1.807, 2.05) is 25.1 Å². The minimum Gasteiger partial charge on any atom is -0.290 e. The van der Waals surface area contributed by atoms with Crippen molar-refractivity contribution in [3.8, 4) is 0 Å². The second kappa shape index (κ2) is 6.45. The minimum absolute atomic E-state index is 0.0542. The van der Waals surface area contributed by atoms with Gasteiger partial charge in [-0.1, -0.05) is 29.5 Å². The van der Waals surface area contributed by atoms with E-state index in [0.717, 1.165) is 11.1 Å². The zero-order valence-electron chi connectivity index (χ0n) is 12.6. The molecule has 3 rings (SSSR count). The monoisotopic (exact) mass is 392 g/mol. The second-order valence-electron chi connectivity index (χ2n) is 5.32. The van der Waals surface area contributed by atoms with E-state index >= 15 is 0 Å². The van der Waals surface area contributed by atoms with Crippen molar-refractivity contribution in [3.63, 3.8) is 0 Å². The molecule has 0 atom stereocenters.